The molecule has 1 rings (SSSR count). The van der Waals surface area contributed by atoms with Crippen LogP contribution >= 0.6 is 0 Å². The van der Waals surface area contributed by atoms with E-state index in [-0.39, 0.29) is 25.6 Å². The van der Waals surface area contributed by atoms with Gasteiger partial charge in [0.2, 0.25) is 0 Å². The Balaban J connectivity index is 3.10. The molecule has 1 aliphatic heterocycles. The van der Waals surface area contributed by atoms with Crippen LogP contribution in [-0.4, -0.2) is 142 Å². The second kappa shape index (κ2) is 14.0. The van der Waals surface area contributed by atoms with Crippen molar-refractivity contribution in [2.24, 2.45) is 5.92 Å². The average molecular weight is 461 g/mol. The van der Waals surface area contributed by atoms with E-state index in [1.165, 1.54) is 0 Å². The molecule has 12 heteroatoms. The summed E-state index contributed by atoms with van der Waals surface area (Å²) >= 11 is 0. The molecule has 0 aliphatic carbocycles. The quantitative estimate of drug-likeness (QED) is 0.314. The van der Waals surface area contributed by atoms with Gasteiger partial charge in [-0.2, -0.15) is 0 Å². The van der Waals surface area contributed by atoms with Crippen molar-refractivity contribution in [2.45, 2.75) is 26.3 Å². The Hall–Kier alpha value is -2.28. The Morgan fingerprint density at radius 2 is 0.938 bits per heavy atom. The zero-order chi connectivity index (χ0) is 24.3. The summed E-state index contributed by atoms with van der Waals surface area (Å²) in [4.78, 5) is 52.5. The van der Waals surface area contributed by atoms with Crippen LogP contribution in [0.25, 0.3) is 0 Å². The molecule has 0 aromatic carbocycles. The van der Waals surface area contributed by atoms with Gasteiger partial charge in [-0.3, -0.25) is 38.8 Å². The topological polar surface area (TPSA) is 162 Å². The second-order valence-electron chi connectivity index (χ2n) is 8.53. The van der Waals surface area contributed by atoms with Crippen molar-refractivity contribution in [3.8, 4) is 0 Å². The lowest BCUT2D eigenvalue weighted by molar-refractivity contribution is -0.145. The Morgan fingerprint density at radius 1 is 0.625 bits per heavy atom. The third-order valence-corrected chi connectivity index (χ3v) is 5.37. The Morgan fingerprint density at radius 3 is 1.19 bits per heavy atom. The average Bonchev–Trinajstić information content (AvgIpc) is 2.65. The molecule has 1 saturated heterocycles. The minimum Gasteiger partial charge on any atom is -0.480 e. The van der Waals surface area contributed by atoms with Gasteiger partial charge in [0.25, 0.3) is 0 Å². The van der Waals surface area contributed by atoms with Gasteiger partial charge in [-0.05, 0) is 12.3 Å². The molecule has 1 heterocycles. The molecule has 1 fully saturated rings. The molecule has 4 N–H and O–H groups in total. The summed E-state index contributed by atoms with van der Waals surface area (Å²) in [6, 6.07) is -0.764. The standard InChI is InChI=1S/C20H36N4O8/c1-15(2)11-16(20(31)32)24-9-7-22(13-18(27)28)5-3-21(12-17(25)26)4-6-23(8-10-24)14-19(29)30/h15-16H,3-14H2,1-2H3,(H,25,26)(H,27,28)(H,29,30)(H,31,32). The Labute approximate surface area is 188 Å². The van der Waals surface area contributed by atoms with Crippen molar-refractivity contribution >= 4 is 23.9 Å². The monoisotopic (exact) mass is 460 g/mol. The molecule has 32 heavy (non-hydrogen) atoms. The Bertz CT molecular complexity index is 613. The van der Waals surface area contributed by atoms with E-state index >= 15 is 0 Å². The molecule has 184 valence electrons. The summed E-state index contributed by atoms with van der Waals surface area (Å²) < 4.78 is 0. The summed E-state index contributed by atoms with van der Waals surface area (Å²) in [5.74, 6) is -3.88. The highest BCUT2D eigenvalue weighted by molar-refractivity contribution is 5.73. The number of rotatable bonds is 10. The van der Waals surface area contributed by atoms with Gasteiger partial charge in [0.05, 0.1) is 19.6 Å². The number of nitrogens with zero attached hydrogens (tertiary/aromatic N) is 4. The molecule has 0 spiro atoms. The van der Waals surface area contributed by atoms with Gasteiger partial charge in [0.15, 0.2) is 0 Å². The molecule has 1 aliphatic rings. The van der Waals surface area contributed by atoms with Crippen LogP contribution in [0.15, 0.2) is 0 Å². The largest absolute Gasteiger partial charge is 0.480 e. The highest BCUT2D eigenvalue weighted by Crippen LogP contribution is 2.13. The first-order valence-corrected chi connectivity index (χ1v) is 10.8. The molecule has 0 saturated carbocycles. The highest BCUT2D eigenvalue weighted by Gasteiger charge is 2.28. The van der Waals surface area contributed by atoms with Crippen molar-refractivity contribution in [3.63, 3.8) is 0 Å². The van der Waals surface area contributed by atoms with E-state index in [0.717, 1.165) is 0 Å². The fraction of sp³-hybridized carbons (Fsp3) is 0.800. The normalized spacial score (nSPS) is 19.7. The predicted molar refractivity (Wildman–Crippen MR) is 115 cm³/mol. The number of carbonyl (C=O) groups is 4. The number of hydrogen-bond donors (Lipinski definition) is 4. The van der Waals surface area contributed by atoms with E-state index in [0.29, 0.717) is 58.8 Å². The zero-order valence-electron chi connectivity index (χ0n) is 18.9. The first kappa shape index (κ1) is 27.8. The van der Waals surface area contributed by atoms with Gasteiger partial charge >= 0.3 is 23.9 Å². The lowest BCUT2D eigenvalue weighted by atomic mass is 10.0. The summed E-state index contributed by atoms with van der Waals surface area (Å²) in [6.07, 6.45) is 0.416. The van der Waals surface area contributed by atoms with Gasteiger partial charge < -0.3 is 20.4 Å². The van der Waals surface area contributed by atoms with Crippen LogP contribution in [0.1, 0.15) is 20.3 Å². The second-order valence-corrected chi connectivity index (χ2v) is 8.53. The summed E-state index contributed by atoms with van der Waals surface area (Å²) in [5, 5.41) is 37.5. The minimum atomic E-state index is -1.02. The van der Waals surface area contributed by atoms with Crippen LogP contribution < -0.4 is 0 Å². The van der Waals surface area contributed by atoms with E-state index in [4.69, 9.17) is 0 Å². The molecule has 0 radical (unpaired) electrons. The van der Waals surface area contributed by atoms with E-state index in [1.807, 2.05) is 13.8 Å². The van der Waals surface area contributed by atoms with Gasteiger partial charge in [-0.25, -0.2) is 0 Å². The lowest BCUT2D eigenvalue weighted by Gasteiger charge is -2.35. The maximum atomic E-state index is 12.0. The van der Waals surface area contributed by atoms with Crippen LogP contribution in [0.2, 0.25) is 0 Å². The Kier molecular flexibility index (Phi) is 12.1. The summed E-state index contributed by atoms with van der Waals surface area (Å²) in [5.41, 5.74) is 0. The van der Waals surface area contributed by atoms with Crippen LogP contribution in [0.4, 0.5) is 0 Å². The van der Waals surface area contributed by atoms with Crippen LogP contribution in [0.3, 0.4) is 0 Å². The predicted octanol–water partition coefficient (Wildman–Crippen LogP) is -1.04. The third-order valence-electron chi connectivity index (χ3n) is 5.37. The fourth-order valence-electron chi connectivity index (χ4n) is 3.77. The zero-order valence-corrected chi connectivity index (χ0v) is 18.9. The molecule has 0 bridgehead atoms. The lowest BCUT2D eigenvalue weighted by Crippen LogP contribution is -2.52. The van der Waals surface area contributed by atoms with Gasteiger partial charge in [-0.1, -0.05) is 13.8 Å². The fourth-order valence-corrected chi connectivity index (χ4v) is 3.77. The maximum absolute atomic E-state index is 12.0. The van der Waals surface area contributed by atoms with Crippen LogP contribution in [0.5, 0.6) is 0 Å². The minimum absolute atomic E-state index is 0.132. The third kappa shape index (κ3) is 11.4. The maximum Gasteiger partial charge on any atom is 0.320 e. The highest BCUT2D eigenvalue weighted by atomic mass is 16.4. The molecule has 0 amide bonds. The number of carboxylic acids is 4. The number of carboxylic acid groups (broad SMARTS) is 4. The molecule has 0 aromatic rings. The first-order valence-electron chi connectivity index (χ1n) is 10.8. The number of aliphatic carboxylic acids is 4. The SMILES string of the molecule is CC(C)CC(C(=O)O)N1CCN(CC(=O)O)CCN(CC(=O)O)CCN(CC(=O)O)CC1. The van der Waals surface area contributed by atoms with E-state index in [2.05, 4.69) is 0 Å². The first-order chi connectivity index (χ1) is 15.0. The van der Waals surface area contributed by atoms with E-state index in [1.54, 1.807) is 19.6 Å². The summed E-state index contributed by atoms with van der Waals surface area (Å²) in [6.45, 7) is 5.56. The molecule has 12 nitrogen and oxygen atoms in total. The van der Waals surface area contributed by atoms with E-state index < -0.39 is 29.9 Å². The molecule has 1 unspecified atom stereocenters. The van der Waals surface area contributed by atoms with E-state index in [9.17, 15) is 39.6 Å². The van der Waals surface area contributed by atoms with Gasteiger partial charge in [0.1, 0.15) is 6.04 Å². The molecular weight excluding hydrogens is 424 g/mol. The van der Waals surface area contributed by atoms with Gasteiger partial charge in [0, 0.05) is 52.4 Å². The number of hydrogen-bond acceptors (Lipinski definition) is 8. The van der Waals surface area contributed by atoms with Crippen LogP contribution in [-0.2, 0) is 19.2 Å². The molecule has 0 aromatic heterocycles. The van der Waals surface area contributed by atoms with Crippen molar-refractivity contribution in [2.75, 3.05) is 72.0 Å². The molecule has 1 atom stereocenters. The van der Waals surface area contributed by atoms with Crippen molar-refractivity contribution < 1.29 is 39.6 Å². The van der Waals surface area contributed by atoms with Crippen molar-refractivity contribution in [1.29, 1.82) is 0 Å². The van der Waals surface area contributed by atoms with Crippen molar-refractivity contribution in [1.82, 2.24) is 19.6 Å². The summed E-state index contributed by atoms with van der Waals surface area (Å²) in [7, 11) is 0. The molecular formula is C20H36N4O8. The smallest absolute Gasteiger partial charge is 0.320 e. The van der Waals surface area contributed by atoms with Gasteiger partial charge in [-0.15, -0.1) is 0 Å². The van der Waals surface area contributed by atoms with Crippen molar-refractivity contribution in [3.05, 3.63) is 0 Å². The van der Waals surface area contributed by atoms with Crippen LogP contribution in [0, 0.1) is 5.92 Å².